The Morgan fingerprint density at radius 1 is 1.10 bits per heavy atom. The van der Waals surface area contributed by atoms with Crippen LogP contribution in [0.1, 0.15) is 17.5 Å². The zero-order valence-electron chi connectivity index (χ0n) is 17.0. The quantitative estimate of drug-likeness (QED) is 0.212. The molecule has 0 saturated heterocycles. The predicted octanol–water partition coefficient (Wildman–Crippen LogP) is 0.562. The van der Waals surface area contributed by atoms with Crippen LogP contribution >= 0.6 is 0 Å². The molecule has 0 unspecified atom stereocenters. The van der Waals surface area contributed by atoms with Crippen molar-refractivity contribution in [3.8, 4) is 5.75 Å². The molecule has 10 nitrogen and oxygen atoms in total. The fourth-order valence-corrected chi connectivity index (χ4v) is 2.62. The Balaban J connectivity index is 0.00000450. The molecule has 30 heavy (non-hydrogen) atoms. The number of aryl methyl sites for hydroxylation is 1. The first-order valence-electron chi connectivity index (χ1n) is 9.05. The number of hydrogen-bond acceptors (Lipinski definition) is 7. The fraction of sp³-hybridized carbons (Fsp3) is 0.368. The van der Waals surface area contributed by atoms with Crippen LogP contribution in [0.4, 0.5) is 17.1 Å². The van der Waals surface area contributed by atoms with Crippen molar-refractivity contribution in [1.82, 2.24) is 0 Å². The fourth-order valence-electron chi connectivity index (χ4n) is 2.62. The van der Waals surface area contributed by atoms with Crippen molar-refractivity contribution >= 4 is 17.1 Å². The summed E-state index contributed by atoms with van der Waals surface area (Å²) in [6, 6.07) is 9.01. The van der Waals surface area contributed by atoms with Gasteiger partial charge in [-0.05, 0) is 49.2 Å². The van der Waals surface area contributed by atoms with Crippen LogP contribution in [-0.4, -0.2) is 41.2 Å². The average Bonchev–Trinajstić information content (AvgIpc) is 2.69. The van der Waals surface area contributed by atoms with Crippen molar-refractivity contribution in [3.63, 3.8) is 0 Å². The molecule has 0 bridgehead atoms. The minimum Gasteiger partial charge on any atom is -0.661 e. The van der Waals surface area contributed by atoms with Gasteiger partial charge in [-0.15, -0.1) is 13.1 Å². The Kier molecular flexibility index (Phi) is 12.0. The van der Waals surface area contributed by atoms with E-state index in [1.165, 1.54) is 12.1 Å². The first kappa shape index (κ1) is 26.4. The van der Waals surface area contributed by atoms with Crippen LogP contribution in [0.25, 0.3) is 5.32 Å². The molecule has 2 aromatic carbocycles. The third kappa shape index (κ3) is 8.26. The summed E-state index contributed by atoms with van der Waals surface area (Å²) >= 11 is 0. The molecule has 0 atom stereocenters. The van der Waals surface area contributed by atoms with Gasteiger partial charge in [-0.2, -0.15) is 0 Å². The maximum absolute atomic E-state index is 11.1. The van der Waals surface area contributed by atoms with Gasteiger partial charge in [0.1, 0.15) is 11.4 Å². The molecule has 0 spiro atoms. The topological polar surface area (TPSA) is 142 Å². The summed E-state index contributed by atoms with van der Waals surface area (Å²) in [5, 5.41) is 38.2. The van der Waals surface area contributed by atoms with Gasteiger partial charge >= 0.3 is 51.4 Å². The summed E-state index contributed by atoms with van der Waals surface area (Å²) in [6.07, 6.45) is 0.721. The molecular formula is C19H23KN4O6. The molecule has 0 aliphatic heterocycles. The third-order valence-electron chi connectivity index (χ3n) is 4.19. The van der Waals surface area contributed by atoms with E-state index >= 15 is 0 Å². The summed E-state index contributed by atoms with van der Waals surface area (Å²) in [7, 11) is 0. The van der Waals surface area contributed by atoms with E-state index in [0.29, 0.717) is 26.2 Å². The Bertz CT molecular complexity index is 865. The number of non-ortho nitro benzene ring substituents is 1. The van der Waals surface area contributed by atoms with Gasteiger partial charge in [0.25, 0.3) is 11.4 Å². The molecule has 156 valence electrons. The molecular weight excluding hydrogens is 419 g/mol. The Morgan fingerprint density at radius 3 is 2.50 bits per heavy atom. The summed E-state index contributed by atoms with van der Waals surface area (Å²) in [4.78, 5) is 20.5. The average molecular weight is 443 g/mol. The molecule has 2 aromatic rings. The Morgan fingerprint density at radius 2 is 1.87 bits per heavy atom. The van der Waals surface area contributed by atoms with Gasteiger partial charge in [0.05, 0.1) is 29.1 Å². The molecule has 0 saturated carbocycles. The zero-order chi connectivity index (χ0) is 21.2. The van der Waals surface area contributed by atoms with Crippen LogP contribution in [0.3, 0.4) is 0 Å². The van der Waals surface area contributed by atoms with Crippen LogP contribution in [0.5, 0.6) is 5.75 Å². The van der Waals surface area contributed by atoms with Gasteiger partial charge in [0.2, 0.25) is 0 Å². The van der Waals surface area contributed by atoms with Crippen molar-refractivity contribution in [3.05, 3.63) is 73.1 Å². The number of aliphatic hydroxyl groups is 1. The van der Waals surface area contributed by atoms with Gasteiger partial charge < -0.3 is 20.5 Å². The second-order valence-electron chi connectivity index (χ2n) is 6.26. The van der Waals surface area contributed by atoms with Crippen molar-refractivity contribution in [2.75, 3.05) is 31.6 Å². The standard InChI is InChI=1S/C19H23N4O6.K/c1-14-11-17(5-3-15(14)13-24)29-10-2-7-20-8-9-21-18-6-4-16(22(25)26)12-19(18)23(27)28;/h3-6,11-12,21,24H,2,7-10,13H2,1H3;/q-1;+1. The Hall–Kier alpha value is -1.60. The van der Waals surface area contributed by atoms with Gasteiger partial charge in [-0.1, -0.05) is 6.07 Å². The molecule has 0 aromatic heterocycles. The van der Waals surface area contributed by atoms with E-state index in [-0.39, 0.29) is 75.1 Å². The summed E-state index contributed by atoms with van der Waals surface area (Å²) in [5.74, 6) is 0.742. The van der Waals surface area contributed by atoms with E-state index in [9.17, 15) is 20.2 Å². The second kappa shape index (κ2) is 13.6. The number of nitrogens with zero attached hydrogens (tertiary/aromatic N) is 3. The minimum absolute atomic E-state index is 0. The monoisotopic (exact) mass is 442 g/mol. The first-order chi connectivity index (χ1) is 13.9. The van der Waals surface area contributed by atoms with E-state index in [1.807, 2.05) is 25.1 Å². The van der Waals surface area contributed by atoms with Crippen molar-refractivity contribution in [1.29, 1.82) is 0 Å². The number of anilines is 1. The number of nitrogens with one attached hydrogen (secondary N) is 1. The molecule has 0 radical (unpaired) electrons. The van der Waals surface area contributed by atoms with Crippen molar-refractivity contribution in [2.24, 2.45) is 0 Å². The van der Waals surface area contributed by atoms with Crippen LogP contribution < -0.4 is 61.4 Å². The first-order valence-corrected chi connectivity index (χ1v) is 9.05. The predicted molar refractivity (Wildman–Crippen MR) is 109 cm³/mol. The van der Waals surface area contributed by atoms with E-state index in [2.05, 4.69) is 10.6 Å². The van der Waals surface area contributed by atoms with Gasteiger partial charge in [0, 0.05) is 6.07 Å². The summed E-state index contributed by atoms with van der Waals surface area (Å²) in [5.41, 5.74) is 1.40. The number of benzene rings is 2. The number of nitro groups is 2. The molecule has 11 heteroatoms. The second-order valence-corrected chi connectivity index (χ2v) is 6.26. The van der Waals surface area contributed by atoms with Gasteiger partial charge in [-0.25, -0.2) is 0 Å². The Labute approximate surface area is 216 Å². The smallest absolute Gasteiger partial charge is 0.661 e. The molecule has 2 rings (SSSR count). The zero-order valence-corrected chi connectivity index (χ0v) is 20.2. The SMILES string of the molecule is Cc1cc(OCCC[N-]CCNc2ccc([N+](=O)[O-])cc2[N+](=O)[O-])ccc1CO.[K+]. The number of nitro benzene ring substituents is 2. The van der Waals surface area contributed by atoms with Crippen molar-refractivity contribution < 1.29 is 71.1 Å². The molecule has 0 heterocycles. The van der Waals surface area contributed by atoms with Crippen LogP contribution in [0.2, 0.25) is 0 Å². The van der Waals surface area contributed by atoms with E-state index in [4.69, 9.17) is 9.84 Å². The molecule has 2 N–H and O–H groups in total. The molecule has 0 fully saturated rings. The molecule has 0 aliphatic carbocycles. The molecule has 0 amide bonds. The molecule has 0 aliphatic rings. The van der Waals surface area contributed by atoms with E-state index in [0.717, 1.165) is 29.4 Å². The van der Waals surface area contributed by atoms with Gasteiger partial charge in [0.15, 0.2) is 0 Å². The third-order valence-corrected chi connectivity index (χ3v) is 4.19. The minimum atomic E-state index is -0.670. The van der Waals surface area contributed by atoms with E-state index in [1.54, 1.807) is 0 Å². The number of rotatable bonds is 12. The maximum Gasteiger partial charge on any atom is 1.00 e. The number of hydrogen-bond donors (Lipinski definition) is 2. The normalized spacial score (nSPS) is 10.2. The van der Waals surface area contributed by atoms with Crippen LogP contribution in [0, 0.1) is 27.2 Å². The maximum atomic E-state index is 11.1. The van der Waals surface area contributed by atoms with Crippen LogP contribution in [-0.2, 0) is 6.61 Å². The summed E-state index contributed by atoms with van der Waals surface area (Å²) < 4.78 is 5.65. The van der Waals surface area contributed by atoms with E-state index < -0.39 is 9.85 Å². The van der Waals surface area contributed by atoms with Crippen LogP contribution in [0.15, 0.2) is 36.4 Å². The summed E-state index contributed by atoms with van der Waals surface area (Å²) in [6.45, 7) is 3.82. The van der Waals surface area contributed by atoms with Crippen molar-refractivity contribution in [2.45, 2.75) is 20.0 Å². The largest absolute Gasteiger partial charge is 1.00 e. The van der Waals surface area contributed by atoms with Gasteiger partial charge in [-0.3, -0.25) is 20.2 Å². The number of aliphatic hydroxyl groups excluding tert-OH is 1. The number of ether oxygens (including phenoxy) is 1.